The van der Waals surface area contributed by atoms with E-state index in [9.17, 15) is 18.8 Å². The molecule has 1 aromatic heterocycles. The zero-order chi connectivity index (χ0) is 18.5. The molecule has 0 aliphatic rings. The average Bonchev–Trinajstić information content (AvgIpc) is 3.10. The highest BCUT2D eigenvalue weighted by molar-refractivity contribution is 6.09. The van der Waals surface area contributed by atoms with Crippen LogP contribution in [0.15, 0.2) is 70.7 Å². The standard InChI is InChI=1S/C20H12F2N2O2/c21-15-4-6-17(7-5-15)24-20(25)14(12-23)11-18-8-9-19(26-18)13-2-1-3-16(22)10-13/h1-11H,(H,24,25)/b14-11-. The van der Waals surface area contributed by atoms with E-state index in [-0.39, 0.29) is 11.3 Å². The molecule has 1 amide bonds. The van der Waals surface area contributed by atoms with Crippen LogP contribution in [-0.4, -0.2) is 5.91 Å². The molecule has 26 heavy (non-hydrogen) atoms. The molecule has 1 heterocycles. The third kappa shape index (κ3) is 4.02. The number of nitrogens with one attached hydrogen (secondary N) is 1. The quantitative estimate of drug-likeness (QED) is 0.544. The largest absolute Gasteiger partial charge is 0.457 e. The van der Waals surface area contributed by atoms with Crippen LogP contribution in [0.3, 0.4) is 0 Å². The number of nitriles is 1. The molecule has 3 aromatic rings. The van der Waals surface area contributed by atoms with Crippen molar-refractivity contribution in [3.8, 4) is 17.4 Å². The summed E-state index contributed by atoms with van der Waals surface area (Å²) in [5.74, 6) is -0.795. The molecule has 0 aliphatic carbocycles. The van der Waals surface area contributed by atoms with Gasteiger partial charge in [0.25, 0.3) is 5.91 Å². The summed E-state index contributed by atoms with van der Waals surface area (Å²) in [6, 6.07) is 16.0. The fraction of sp³-hybridized carbons (Fsp3) is 0. The average molecular weight is 350 g/mol. The van der Waals surface area contributed by atoms with Crippen molar-refractivity contribution in [1.82, 2.24) is 0 Å². The highest BCUT2D eigenvalue weighted by atomic mass is 19.1. The summed E-state index contributed by atoms with van der Waals surface area (Å²) in [5.41, 5.74) is 0.714. The minimum absolute atomic E-state index is 0.186. The number of carbonyl (C=O) groups excluding carboxylic acids is 1. The van der Waals surface area contributed by atoms with E-state index in [4.69, 9.17) is 4.42 Å². The van der Waals surface area contributed by atoms with Crippen LogP contribution in [0.25, 0.3) is 17.4 Å². The van der Waals surface area contributed by atoms with Crippen molar-refractivity contribution >= 4 is 17.7 Å². The molecule has 0 bridgehead atoms. The Labute approximate surface area is 148 Å². The molecular formula is C20H12F2N2O2. The van der Waals surface area contributed by atoms with E-state index >= 15 is 0 Å². The fourth-order valence-corrected chi connectivity index (χ4v) is 2.25. The predicted molar refractivity (Wildman–Crippen MR) is 92.7 cm³/mol. The van der Waals surface area contributed by atoms with Crippen LogP contribution in [0.2, 0.25) is 0 Å². The van der Waals surface area contributed by atoms with E-state index in [1.54, 1.807) is 30.3 Å². The van der Waals surface area contributed by atoms with Crippen LogP contribution in [0.4, 0.5) is 14.5 Å². The van der Waals surface area contributed by atoms with Crippen molar-refractivity contribution < 1.29 is 18.0 Å². The highest BCUT2D eigenvalue weighted by Crippen LogP contribution is 2.24. The van der Waals surface area contributed by atoms with Gasteiger partial charge in [-0.25, -0.2) is 8.78 Å². The first-order valence-electron chi connectivity index (χ1n) is 7.59. The number of nitrogens with zero attached hydrogens (tertiary/aromatic N) is 1. The number of hydrogen-bond acceptors (Lipinski definition) is 3. The second kappa shape index (κ2) is 7.45. The van der Waals surface area contributed by atoms with Crippen LogP contribution >= 0.6 is 0 Å². The van der Waals surface area contributed by atoms with Gasteiger partial charge in [-0.3, -0.25) is 4.79 Å². The monoisotopic (exact) mass is 350 g/mol. The van der Waals surface area contributed by atoms with Gasteiger partial charge in [0.2, 0.25) is 0 Å². The Morgan fingerprint density at radius 2 is 1.81 bits per heavy atom. The van der Waals surface area contributed by atoms with Gasteiger partial charge >= 0.3 is 0 Å². The second-order valence-corrected chi connectivity index (χ2v) is 5.34. The maximum Gasteiger partial charge on any atom is 0.266 e. The topological polar surface area (TPSA) is 66.0 Å². The van der Waals surface area contributed by atoms with Crippen LogP contribution in [0, 0.1) is 23.0 Å². The van der Waals surface area contributed by atoms with Gasteiger partial charge < -0.3 is 9.73 Å². The number of benzene rings is 2. The Balaban J connectivity index is 1.80. The molecule has 128 valence electrons. The summed E-state index contributed by atoms with van der Waals surface area (Å²) >= 11 is 0. The van der Waals surface area contributed by atoms with Gasteiger partial charge in [-0.1, -0.05) is 12.1 Å². The van der Waals surface area contributed by atoms with Gasteiger partial charge in [0, 0.05) is 17.3 Å². The molecular weight excluding hydrogens is 338 g/mol. The van der Waals surface area contributed by atoms with E-state index in [0.717, 1.165) is 0 Å². The van der Waals surface area contributed by atoms with Gasteiger partial charge in [-0.05, 0) is 48.5 Å². The number of anilines is 1. The van der Waals surface area contributed by atoms with Crippen molar-refractivity contribution in [2.24, 2.45) is 0 Å². The van der Waals surface area contributed by atoms with Crippen molar-refractivity contribution in [3.05, 3.63) is 83.6 Å². The van der Waals surface area contributed by atoms with Crippen molar-refractivity contribution in [3.63, 3.8) is 0 Å². The Morgan fingerprint density at radius 1 is 1.04 bits per heavy atom. The van der Waals surface area contributed by atoms with E-state index in [0.29, 0.717) is 17.0 Å². The molecule has 0 atom stereocenters. The zero-order valence-electron chi connectivity index (χ0n) is 13.4. The van der Waals surface area contributed by atoms with Gasteiger partial charge in [0.15, 0.2) is 0 Å². The van der Waals surface area contributed by atoms with Crippen molar-refractivity contribution in [2.45, 2.75) is 0 Å². The second-order valence-electron chi connectivity index (χ2n) is 5.34. The smallest absolute Gasteiger partial charge is 0.266 e. The van der Waals surface area contributed by atoms with Crippen LogP contribution in [0.5, 0.6) is 0 Å². The third-order valence-corrected chi connectivity index (χ3v) is 3.49. The summed E-state index contributed by atoms with van der Waals surface area (Å²) in [6.07, 6.45) is 1.28. The molecule has 0 saturated heterocycles. The first kappa shape index (κ1) is 17.1. The minimum atomic E-state index is -0.650. The maximum absolute atomic E-state index is 13.3. The zero-order valence-corrected chi connectivity index (χ0v) is 13.4. The normalized spacial score (nSPS) is 11.0. The molecule has 4 nitrogen and oxygen atoms in total. The molecule has 1 N–H and O–H groups in total. The Morgan fingerprint density at radius 3 is 2.50 bits per heavy atom. The minimum Gasteiger partial charge on any atom is -0.457 e. The molecule has 3 rings (SSSR count). The lowest BCUT2D eigenvalue weighted by Gasteiger charge is -2.03. The van der Waals surface area contributed by atoms with Gasteiger partial charge in [0.05, 0.1) is 0 Å². The lowest BCUT2D eigenvalue weighted by atomic mass is 10.2. The lowest BCUT2D eigenvalue weighted by molar-refractivity contribution is -0.112. The number of halogens is 2. The number of rotatable bonds is 4. The first-order valence-corrected chi connectivity index (χ1v) is 7.59. The van der Waals surface area contributed by atoms with Crippen LogP contribution < -0.4 is 5.32 Å². The molecule has 0 fully saturated rings. The molecule has 6 heteroatoms. The third-order valence-electron chi connectivity index (χ3n) is 3.49. The van der Waals surface area contributed by atoms with Gasteiger partial charge in [0.1, 0.15) is 34.8 Å². The van der Waals surface area contributed by atoms with E-state index in [1.807, 2.05) is 0 Å². The molecule has 0 unspecified atom stereocenters. The Bertz CT molecular complexity index is 1010. The molecule has 0 spiro atoms. The Kier molecular flexibility index (Phi) is 4.90. The van der Waals surface area contributed by atoms with E-state index in [1.165, 1.54) is 42.5 Å². The summed E-state index contributed by atoms with van der Waals surface area (Å²) in [4.78, 5) is 12.2. The van der Waals surface area contributed by atoms with E-state index in [2.05, 4.69) is 5.32 Å². The number of carbonyl (C=O) groups is 1. The number of hydrogen-bond donors (Lipinski definition) is 1. The SMILES string of the molecule is N#C/C(=C/c1ccc(-c2cccc(F)c2)o1)C(=O)Nc1ccc(F)cc1. The summed E-state index contributed by atoms with van der Waals surface area (Å²) < 4.78 is 31.7. The van der Waals surface area contributed by atoms with E-state index < -0.39 is 17.5 Å². The molecule has 0 saturated carbocycles. The lowest BCUT2D eigenvalue weighted by Crippen LogP contribution is -2.13. The van der Waals surface area contributed by atoms with Crippen molar-refractivity contribution in [1.29, 1.82) is 5.26 Å². The van der Waals surface area contributed by atoms with Gasteiger partial charge in [-0.15, -0.1) is 0 Å². The number of amides is 1. The first-order chi connectivity index (χ1) is 12.5. The molecule has 0 aliphatic heterocycles. The fourth-order valence-electron chi connectivity index (χ4n) is 2.25. The maximum atomic E-state index is 13.3. The summed E-state index contributed by atoms with van der Waals surface area (Å²) in [7, 11) is 0. The highest BCUT2D eigenvalue weighted by Gasteiger charge is 2.12. The van der Waals surface area contributed by atoms with Crippen molar-refractivity contribution in [2.75, 3.05) is 5.32 Å². The molecule has 2 aromatic carbocycles. The van der Waals surface area contributed by atoms with Crippen LogP contribution in [0.1, 0.15) is 5.76 Å². The summed E-state index contributed by atoms with van der Waals surface area (Å²) in [5, 5.41) is 11.7. The van der Waals surface area contributed by atoms with Crippen LogP contribution in [-0.2, 0) is 4.79 Å². The molecule has 0 radical (unpaired) electrons. The summed E-state index contributed by atoms with van der Waals surface area (Å²) in [6.45, 7) is 0. The Hall–Kier alpha value is -3.72. The number of furan rings is 1. The predicted octanol–water partition coefficient (Wildman–Crippen LogP) is 4.77. The van der Waals surface area contributed by atoms with Gasteiger partial charge in [-0.2, -0.15) is 5.26 Å².